The zero-order valence-electron chi connectivity index (χ0n) is 10.7. The second-order valence-electron chi connectivity index (χ2n) is 4.03. The largest absolute Gasteiger partial charge is 0.434 e. The lowest BCUT2D eigenvalue weighted by Gasteiger charge is -2.07. The second kappa shape index (κ2) is 5.07. The maximum atomic E-state index is 11.8. The molecule has 0 bridgehead atoms. The molecule has 7 nitrogen and oxygen atoms in total. The summed E-state index contributed by atoms with van der Waals surface area (Å²) < 4.78 is 7.37. The molecule has 100 valence electrons. The number of benzene rings is 1. The van der Waals surface area contributed by atoms with Crippen LogP contribution in [-0.4, -0.2) is 14.3 Å². The van der Waals surface area contributed by atoms with Gasteiger partial charge in [0.2, 0.25) is 0 Å². The Morgan fingerprint density at radius 3 is 2.42 bits per heavy atom. The maximum Gasteiger partial charge on any atom is 0.347 e. The molecular weight excluding hydrogens is 248 g/mol. The lowest BCUT2D eigenvalue weighted by atomic mass is 10.2. The van der Waals surface area contributed by atoms with Crippen molar-refractivity contribution in [1.29, 1.82) is 0 Å². The van der Waals surface area contributed by atoms with E-state index in [0.717, 1.165) is 14.8 Å². The number of aryl methyl sites for hydroxylation is 1. The van der Waals surface area contributed by atoms with E-state index in [1.54, 1.807) is 24.3 Å². The summed E-state index contributed by atoms with van der Waals surface area (Å²) >= 11 is 0. The van der Waals surface area contributed by atoms with E-state index in [1.807, 2.05) is 0 Å². The number of ether oxygens (including phenoxy) is 1. The zero-order chi connectivity index (χ0) is 14.0. The molecule has 2 aromatic rings. The molecule has 1 heterocycles. The number of rotatable bonds is 3. The van der Waals surface area contributed by atoms with Crippen LogP contribution in [0.25, 0.3) is 0 Å². The van der Waals surface area contributed by atoms with Crippen LogP contribution in [0.2, 0.25) is 0 Å². The van der Waals surface area contributed by atoms with Crippen LogP contribution >= 0.6 is 0 Å². The van der Waals surface area contributed by atoms with Gasteiger partial charge in [-0.25, -0.2) is 9.48 Å². The molecule has 1 aromatic heterocycles. The highest BCUT2D eigenvalue weighted by molar-refractivity contribution is 5.29. The van der Waals surface area contributed by atoms with E-state index in [2.05, 4.69) is 5.10 Å². The Morgan fingerprint density at radius 2 is 1.84 bits per heavy atom. The minimum Gasteiger partial charge on any atom is -0.434 e. The van der Waals surface area contributed by atoms with E-state index >= 15 is 0 Å². The molecule has 0 amide bonds. The van der Waals surface area contributed by atoms with Crippen LogP contribution in [0.1, 0.15) is 5.56 Å². The van der Waals surface area contributed by atoms with Crippen molar-refractivity contribution >= 4 is 0 Å². The summed E-state index contributed by atoms with van der Waals surface area (Å²) in [6.07, 6.45) is 0. The first-order chi connectivity index (χ1) is 9.02. The van der Waals surface area contributed by atoms with Crippen molar-refractivity contribution in [1.82, 2.24) is 14.3 Å². The van der Waals surface area contributed by atoms with Crippen molar-refractivity contribution < 1.29 is 4.74 Å². The van der Waals surface area contributed by atoms with Crippen LogP contribution in [0.4, 0.5) is 0 Å². The Labute approximate surface area is 108 Å². The Hall–Kier alpha value is -2.41. The fourth-order valence-corrected chi connectivity index (χ4v) is 1.54. The van der Waals surface area contributed by atoms with Crippen molar-refractivity contribution in [2.75, 3.05) is 0 Å². The normalized spacial score (nSPS) is 10.5. The minimum absolute atomic E-state index is 0.148. The zero-order valence-corrected chi connectivity index (χ0v) is 10.7. The van der Waals surface area contributed by atoms with Crippen molar-refractivity contribution in [2.45, 2.75) is 6.54 Å². The molecular formula is C12H14N4O3. The van der Waals surface area contributed by atoms with Crippen LogP contribution in [0.15, 0.2) is 33.9 Å². The fraction of sp³-hybridized carbons (Fsp3) is 0.250. The highest BCUT2D eigenvalue weighted by Crippen LogP contribution is 2.16. The number of nitrogens with two attached hydrogens (primary N) is 1. The van der Waals surface area contributed by atoms with Crippen molar-refractivity contribution in [2.24, 2.45) is 19.8 Å². The van der Waals surface area contributed by atoms with Crippen LogP contribution in [0.3, 0.4) is 0 Å². The molecule has 19 heavy (non-hydrogen) atoms. The van der Waals surface area contributed by atoms with E-state index in [9.17, 15) is 9.59 Å². The van der Waals surface area contributed by atoms with Crippen molar-refractivity contribution in [3.05, 3.63) is 50.7 Å². The van der Waals surface area contributed by atoms with Crippen molar-refractivity contribution in [3.8, 4) is 11.6 Å². The molecule has 0 aliphatic rings. The molecule has 0 radical (unpaired) electrons. The molecule has 1 aromatic carbocycles. The van der Waals surface area contributed by atoms with Crippen molar-refractivity contribution in [3.63, 3.8) is 0 Å². The molecule has 0 unspecified atom stereocenters. The highest BCUT2D eigenvalue weighted by Gasteiger charge is 2.10. The quantitative estimate of drug-likeness (QED) is 0.822. The van der Waals surface area contributed by atoms with E-state index in [0.29, 0.717) is 12.3 Å². The molecule has 0 saturated heterocycles. The molecule has 0 aliphatic heterocycles. The number of hydrogen-bond donors (Lipinski definition) is 1. The first-order valence-electron chi connectivity index (χ1n) is 5.64. The minimum atomic E-state index is -0.578. The van der Waals surface area contributed by atoms with Gasteiger partial charge in [0.1, 0.15) is 5.75 Å². The van der Waals surface area contributed by atoms with E-state index in [-0.39, 0.29) is 5.88 Å². The Balaban J connectivity index is 2.38. The third kappa shape index (κ3) is 2.55. The summed E-state index contributed by atoms with van der Waals surface area (Å²) in [6.45, 7) is 0.431. The van der Waals surface area contributed by atoms with Gasteiger partial charge < -0.3 is 10.5 Å². The van der Waals surface area contributed by atoms with Gasteiger partial charge in [0.15, 0.2) is 0 Å². The Bertz CT molecular complexity index is 700. The predicted octanol–water partition coefficient (Wildman–Crippen LogP) is -0.270. The summed E-state index contributed by atoms with van der Waals surface area (Å²) in [7, 11) is 2.82. The monoisotopic (exact) mass is 262 g/mol. The summed E-state index contributed by atoms with van der Waals surface area (Å²) in [5.74, 6) is 0.311. The standard InChI is InChI=1S/C12H14N4O3/c1-15-11(17)10(14-16(2)12(15)18)19-9-5-3-8(7-13)4-6-9/h3-6H,7,13H2,1-2H3. The molecule has 0 saturated carbocycles. The van der Waals surface area contributed by atoms with Gasteiger partial charge in [0, 0.05) is 20.6 Å². The molecule has 0 atom stereocenters. The van der Waals surface area contributed by atoms with E-state index in [1.165, 1.54) is 14.1 Å². The van der Waals surface area contributed by atoms with Crippen LogP contribution in [-0.2, 0) is 20.6 Å². The van der Waals surface area contributed by atoms with Gasteiger partial charge in [0.05, 0.1) is 0 Å². The molecule has 0 spiro atoms. The number of hydrogen-bond acceptors (Lipinski definition) is 5. The summed E-state index contributed by atoms with van der Waals surface area (Å²) in [4.78, 5) is 23.3. The summed E-state index contributed by atoms with van der Waals surface area (Å²) in [6, 6.07) is 6.96. The summed E-state index contributed by atoms with van der Waals surface area (Å²) in [5, 5.41) is 3.79. The average molecular weight is 262 g/mol. The third-order valence-corrected chi connectivity index (χ3v) is 2.67. The third-order valence-electron chi connectivity index (χ3n) is 2.67. The van der Waals surface area contributed by atoms with Gasteiger partial charge in [-0.2, -0.15) is 0 Å². The van der Waals surface area contributed by atoms with Gasteiger partial charge in [-0.3, -0.25) is 9.36 Å². The molecule has 0 aliphatic carbocycles. The highest BCUT2D eigenvalue weighted by atomic mass is 16.5. The van der Waals surface area contributed by atoms with Gasteiger partial charge in [-0.1, -0.05) is 12.1 Å². The fourth-order valence-electron chi connectivity index (χ4n) is 1.54. The topological polar surface area (TPSA) is 92.1 Å². The first kappa shape index (κ1) is 13.0. The number of aromatic nitrogens is 3. The number of nitrogens with zero attached hydrogens (tertiary/aromatic N) is 3. The summed E-state index contributed by atoms with van der Waals surface area (Å²) in [5.41, 5.74) is 5.36. The van der Waals surface area contributed by atoms with Gasteiger partial charge in [-0.05, 0) is 17.7 Å². The Morgan fingerprint density at radius 1 is 1.21 bits per heavy atom. The smallest absolute Gasteiger partial charge is 0.347 e. The van der Waals surface area contributed by atoms with Gasteiger partial charge in [-0.15, -0.1) is 5.10 Å². The van der Waals surface area contributed by atoms with E-state index in [4.69, 9.17) is 10.5 Å². The first-order valence-corrected chi connectivity index (χ1v) is 5.64. The second-order valence-corrected chi connectivity index (χ2v) is 4.03. The average Bonchev–Trinajstić information content (AvgIpc) is 2.43. The van der Waals surface area contributed by atoms with Crippen LogP contribution < -0.4 is 21.7 Å². The van der Waals surface area contributed by atoms with Gasteiger partial charge in [0.25, 0.3) is 0 Å². The predicted molar refractivity (Wildman–Crippen MR) is 69.1 cm³/mol. The maximum absolute atomic E-state index is 11.8. The van der Waals surface area contributed by atoms with Gasteiger partial charge >= 0.3 is 17.1 Å². The SMILES string of the molecule is Cn1nc(Oc2ccc(CN)cc2)c(=O)n(C)c1=O. The molecule has 7 heteroatoms. The van der Waals surface area contributed by atoms with Crippen LogP contribution in [0, 0.1) is 0 Å². The lowest BCUT2D eigenvalue weighted by Crippen LogP contribution is -2.38. The Kier molecular flexibility index (Phi) is 3.48. The molecule has 2 N–H and O–H groups in total. The molecule has 0 fully saturated rings. The molecule has 2 rings (SSSR count). The van der Waals surface area contributed by atoms with E-state index < -0.39 is 11.2 Å². The lowest BCUT2D eigenvalue weighted by molar-refractivity contribution is 0.414. The van der Waals surface area contributed by atoms with Crippen LogP contribution in [0.5, 0.6) is 11.6 Å².